The number of carbonyl (C=O) groups excluding carboxylic acids is 8. The number of amides is 8. The largest absolute Gasteiger partial charge is 0.377 e. The van der Waals surface area contributed by atoms with Crippen molar-refractivity contribution in [2.24, 2.45) is 0 Å². The number of likely N-dealkylation sites (tertiary alicyclic amines) is 1. The number of nitrogens with zero attached hydrogens (tertiary/aromatic N) is 4. The molecule has 16 nitrogen and oxygen atoms in total. The second-order valence-electron chi connectivity index (χ2n) is 9.75. The lowest BCUT2D eigenvalue weighted by Gasteiger charge is -2.15. The van der Waals surface area contributed by atoms with Crippen LogP contribution >= 0.6 is 24.4 Å². The molecule has 0 bridgehead atoms. The summed E-state index contributed by atoms with van der Waals surface area (Å²) in [5.74, 6) is -2.31. The van der Waals surface area contributed by atoms with Crippen molar-refractivity contribution < 1.29 is 57.3 Å². The van der Waals surface area contributed by atoms with Crippen LogP contribution in [0.25, 0.3) is 0 Å². The van der Waals surface area contributed by atoms with Crippen LogP contribution in [0, 0.1) is 0 Å². The van der Waals surface area contributed by atoms with E-state index in [9.17, 15) is 38.4 Å². The molecule has 0 aliphatic carbocycles. The molecule has 4 aliphatic rings. The fourth-order valence-corrected chi connectivity index (χ4v) is 4.93. The van der Waals surface area contributed by atoms with Gasteiger partial charge < -0.3 is 18.9 Å². The molecule has 264 valence electrons. The molecule has 0 spiro atoms. The average Bonchev–Trinajstić information content (AvgIpc) is 3.78. The van der Waals surface area contributed by atoms with Gasteiger partial charge in [0.05, 0.1) is 84.3 Å². The summed E-state index contributed by atoms with van der Waals surface area (Å²) in [5.41, 5.74) is 0. The summed E-state index contributed by atoms with van der Waals surface area (Å²) in [4.78, 5) is 95.6. The van der Waals surface area contributed by atoms with Crippen molar-refractivity contribution in [1.82, 2.24) is 19.6 Å². The zero-order chi connectivity index (χ0) is 35.5. The lowest BCUT2D eigenvalue weighted by Crippen LogP contribution is -2.34. The Labute approximate surface area is 287 Å². The number of imide groups is 4. The molecular formula is C30H40N4O12S2. The highest BCUT2D eigenvalue weighted by Crippen LogP contribution is 2.22. The van der Waals surface area contributed by atoms with Gasteiger partial charge in [0.15, 0.2) is 0 Å². The summed E-state index contributed by atoms with van der Waals surface area (Å²) in [6.07, 6.45) is 11.1. The molecule has 0 N–H and O–H groups in total. The third kappa shape index (κ3) is 12.7. The van der Waals surface area contributed by atoms with Gasteiger partial charge in [-0.3, -0.25) is 58.0 Å². The minimum atomic E-state index is -0.335. The van der Waals surface area contributed by atoms with Crippen LogP contribution in [0.2, 0.25) is 0 Å². The Kier molecular flexibility index (Phi) is 18.6. The second-order valence-corrected chi connectivity index (χ2v) is 10.8. The lowest BCUT2D eigenvalue weighted by atomic mass is 10.4. The summed E-state index contributed by atoms with van der Waals surface area (Å²) in [6.45, 7) is 3.02. The summed E-state index contributed by atoms with van der Waals surface area (Å²) >= 11 is 4.91. The van der Waals surface area contributed by atoms with Gasteiger partial charge in [0.25, 0.3) is 35.4 Å². The quantitative estimate of drug-likeness (QED) is 0.0963. The maximum absolute atomic E-state index is 11.9. The van der Waals surface area contributed by atoms with Gasteiger partial charge in [-0.1, -0.05) is 0 Å². The van der Waals surface area contributed by atoms with Gasteiger partial charge in [-0.25, -0.2) is 0 Å². The first-order valence-electron chi connectivity index (χ1n) is 14.9. The normalized spacial score (nSPS) is 18.5. The van der Waals surface area contributed by atoms with E-state index in [1.165, 1.54) is 53.1 Å². The maximum atomic E-state index is 11.9. The summed E-state index contributed by atoms with van der Waals surface area (Å²) in [5, 5.41) is -0.272. The zero-order valence-corrected chi connectivity index (χ0v) is 28.5. The third-order valence-corrected chi connectivity index (χ3v) is 7.71. The van der Waals surface area contributed by atoms with E-state index >= 15 is 0 Å². The summed E-state index contributed by atoms with van der Waals surface area (Å²) in [7, 11) is 0. The lowest BCUT2D eigenvalue weighted by molar-refractivity contribution is -0.140. The zero-order valence-electron chi connectivity index (χ0n) is 26.8. The van der Waals surface area contributed by atoms with Crippen molar-refractivity contribution in [1.29, 1.82) is 0 Å². The van der Waals surface area contributed by atoms with E-state index in [2.05, 4.69) is 12.6 Å². The van der Waals surface area contributed by atoms with Crippen molar-refractivity contribution in [2.75, 3.05) is 91.5 Å². The van der Waals surface area contributed by atoms with Crippen LogP contribution in [0.5, 0.6) is 0 Å². The molecule has 4 aliphatic heterocycles. The van der Waals surface area contributed by atoms with Crippen LogP contribution in [0.3, 0.4) is 0 Å². The highest BCUT2D eigenvalue weighted by molar-refractivity contribution is 8.00. The van der Waals surface area contributed by atoms with Gasteiger partial charge >= 0.3 is 0 Å². The SMILES string of the molecule is CS.CSC1CC(=O)N(CCOCCOCCN2C(=O)C=CC2=O)C1=O.O=C1C=CC(=O)N1CCOCCOCCN1C(=O)C=CC1=O. The first-order valence-corrected chi connectivity index (χ1v) is 17.1. The van der Waals surface area contributed by atoms with Crippen LogP contribution in [0.1, 0.15) is 6.42 Å². The van der Waals surface area contributed by atoms with Crippen LogP contribution in [0.4, 0.5) is 0 Å². The van der Waals surface area contributed by atoms with Gasteiger partial charge in [-0.15, -0.1) is 0 Å². The van der Waals surface area contributed by atoms with Crippen molar-refractivity contribution >= 4 is 71.6 Å². The van der Waals surface area contributed by atoms with Gasteiger partial charge in [0.2, 0.25) is 11.8 Å². The number of hydrogen-bond donors (Lipinski definition) is 1. The van der Waals surface area contributed by atoms with E-state index in [1.54, 1.807) is 6.26 Å². The smallest absolute Gasteiger partial charge is 0.253 e. The number of thioether (sulfide) groups is 1. The minimum Gasteiger partial charge on any atom is -0.377 e. The molecule has 0 radical (unpaired) electrons. The molecule has 18 heteroatoms. The molecule has 0 saturated carbocycles. The minimum absolute atomic E-state index is 0.152. The van der Waals surface area contributed by atoms with Crippen molar-refractivity contribution in [2.45, 2.75) is 11.7 Å². The van der Waals surface area contributed by atoms with Crippen LogP contribution in [-0.2, 0) is 57.3 Å². The highest BCUT2D eigenvalue weighted by atomic mass is 32.2. The molecule has 0 aromatic carbocycles. The Bertz CT molecular complexity index is 1190. The van der Waals surface area contributed by atoms with E-state index in [0.717, 1.165) is 14.7 Å². The molecule has 8 amide bonds. The fraction of sp³-hybridized carbons (Fsp3) is 0.533. The molecular weight excluding hydrogens is 672 g/mol. The van der Waals surface area contributed by atoms with E-state index in [1.807, 2.05) is 6.26 Å². The molecule has 48 heavy (non-hydrogen) atoms. The molecule has 4 heterocycles. The molecule has 1 saturated heterocycles. The molecule has 0 aromatic rings. The van der Waals surface area contributed by atoms with Crippen LogP contribution in [0.15, 0.2) is 36.5 Å². The van der Waals surface area contributed by atoms with E-state index in [0.29, 0.717) is 26.4 Å². The van der Waals surface area contributed by atoms with Crippen LogP contribution < -0.4 is 0 Å². The topological polar surface area (TPSA) is 186 Å². The van der Waals surface area contributed by atoms with E-state index in [4.69, 9.17) is 18.9 Å². The molecule has 0 aromatic heterocycles. The molecule has 1 atom stereocenters. The Hall–Kier alpha value is -3.68. The average molecular weight is 713 g/mol. The number of rotatable bonds is 19. The Balaban J connectivity index is 0.000000318. The standard InChI is InChI=1S/C15H20N2O6S.C14H16N2O6.CH4S/c1-24-11-10-14(20)17(15(11)21)5-7-23-9-8-22-6-4-16-12(18)2-3-13(16)19;17-11-1-2-12(18)15(11)5-7-21-9-10-22-8-6-16-13(19)3-4-14(16)20;1-2/h2-3,11H,4-10H2,1H3;1-4H,5-10H2;2H,1H3. The van der Waals surface area contributed by atoms with E-state index < -0.39 is 0 Å². The summed E-state index contributed by atoms with van der Waals surface area (Å²) in [6, 6.07) is 0. The van der Waals surface area contributed by atoms with Gasteiger partial charge in [-0.2, -0.15) is 24.4 Å². The van der Waals surface area contributed by atoms with Crippen molar-refractivity contribution in [3.63, 3.8) is 0 Å². The van der Waals surface area contributed by atoms with Crippen molar-refractivity contribution in [3.8, 4) is 0 Å². The number of carbonyl (C=O) groups is 8. The van der Waals surface area contributed by atoms with E-state index in [-0.39, 0.29) is 112 Å². The monoisotopic (exact) mass is 712 g/mol. The fourth-order valence-electron chi connectivity index (χ4n) is 4.29. The number of ether oxygens (including phenoxy) is 4. The third-order valence-electron chi connectivity index (χ3n) is 6.77. The number of hydrogen-bond acceptors (Lipinski definition) is 14. The van der Waals surface area contributed by atoms with Gasteiger partial charge in [0.1, 0.15) is 0 Å². The predicted octanol–water partition coefficient (Wildman–Crippen LogP) is -1.15. The van der Waals surface area contributed by atoms with Crippen LogP contribution in [-0.4, -0.2) is 164 Å². The first kappa shape index (κ1) is 40.5. The Morgan fingerprint density at radius 2 is 0.792 bits per heavy atom. The molecule has 4 rings (SSSR count). The molecule has 1 fully saturated rings. The summed E-state index contributed by atoms with van der Waals surface area (Å²) < 4.78 is 21.1. The second kappa shape index (κ2) is 22.0. The molecule has 1 unspecified atom stereocenters. The Morgan fingerprint density at radius 3 is 1.04 bits per heavy atom. The van der Waals surface area contributed by atoms with Crippen molar-refractivity contribution in [3.05, 3.63) is 36.5 Å². The van der Waals surface area contributed by atoms with Gasteiger partial charge in [0, 0.05) is 42.9 Å². The number of thiol groups is 1. The Morgan fingerprint density at radius 1 is 0.521 bits per heavy atom. The highest BCUT2D eigenvalue weighted by Gasteiger charge is 2.37. The predicted molar refractivity (Wildman–Crippen MR) is 174 cm³/mol. The van der Waals surface area contributed by atoms with Gasteiger partial charge in [-0.05, 0) is 12.5 Å². The maximum Gasteiger partial charge on any atom is 0.253 e. The first-order chi connectivity index (χ1) is 23.1.